The van der Waals surface area contributed by atoms with Crippen LogP contribution in [0.1, 0.15) is 34.3 Å². The smallest absolute Gasteiger partial charge is 0.339 e. The number of pyridine rings is 1. The fourth-order valence-corrected chi connectivity index (χ4v) is 5.02. The van der Waals surface area contributed by atoms with Crippen LogP contribution >= 0.6 is 11.6 Å². The lowest BCUT2D eigenvalue weighted by atomic mass is 9.83. The number of carbonyl (C=O) groups excluding carboxylic acids is 1. The molecular weight excluding hydrogens is 440 g/mol. The van der Waals surface area contributed by atoms with Gasteiger partial charge in [0.15, 0.2) is 0 Å². The molecule has 2 aliphatic heterocycles. The molecule has 2 N–H and O–H groups in total. The minimum atomic E-state index is -0.591. The Morgan fingerprint density at radius 1 is 1.12 bits per heavy atom. The van der Waals surface area contributed by atoms with Crippen LogP contribution in [0.5, 0.6) is 0 Å². The van der Waals surface area contributed by atoms with Gasteiger partial charge in [0.05, 0.1) is 23.2 Å². The Balaban J connectivity index is 1.20. The second-order valence-electron chi connectivity index (χ2n) is 8.56. The van der Waals surface area contributed by atoms with Crippen LogP contribution in [0, 0.1) is 0 Å². The highest BCUT2D eigenvalue weighted by Crippen LogP contribution is 2.44. The first-order valence-corrected chi connectivity index (χ1v) is 11.3. The molecule has 0 unspecified atom stereocenters. The van der Waals surface area contributed by atoms with Gasteiger partial charge in [-0.3, -0.25) is 0 Å². The van der Waals surface area contributed by atoms with Gasteiger partial charge >= 0.3 is 5.97 Å². The van der Waals surface area contributed by atoms with Gasteiger partial charge in [0.2, 0.25) is 0 Å². The van der Waals surface area contributed by atoms with Crippen molar-refractivity contribution in [3.05, 3.63) is 76.4 Å². The van der Waals surface area contributed by atoms with Crippen molar-refractivity contribution in [2.24, 2.45) is 0 Å². The number of anilines is 1. The van der Waals surface area contributed by atoms with Crippen molar-refractivity contribution in [1.82, 2.24) is 15.0 Å². The number of imidazole rings is 1. The molecule has 6 rings (SSSR count). The molecule has 8 heteroatoms. The fraction of sp³-hybridized carbons (Fsp3) is 0.240. The number of aliphatic hydroxyl groups excluding tert-OH is 1. The molecule has 0 saturated carbocycles. The molecule has 166 valence electrons. The zero-order valence-electron chi connectivity index (χ0n) is 17.7. The molecule has 7 nitrogen and oxygen atoms in total. The van der Waals surface area contributed by atoms with E-state index in [0.717, 1.165) is 52.5 Å². The lowest BCUT2D eigenvalue weighted by molar-refractivity contribution is -0.0211. The number of nitrogens with zero attached hydrogens (tertiary/aromatic N) is 3. The number of esters is 1. The number of carbonyl (C=O) groups is 1. The van der Waals surface area contributed by atoms with E-state index in [9.17, 15) is 9.90 Å². The quantitative estimate of drug-likeness (QED) is 0.439. The number of aliphatic hydroxyl groups is 1. The van der Waals surface area contributed by atoms with E-state index in [4.69, 9.17) is 16.3 Å². The number of aromatic nitrogens is 3. The maximum Gasteiger partial charge on any atom is 0.339 e. The molecule has 0 bridgehead atoms. The molecule has 1 fully saturated rings. The lowest BCUT2D eigenvalue weighted by Gasteiger charge is -2.39. The number of hydrogen-bond donors (Lipinski definition) is 2. The summed E-state index contributed by atoms with van der Waals surface area (Å²) >= 11 is 6.07. The fourth-order valence-electron chi connectivity index (χ4n) is 4.84. The standard InChI is InChI=1S/C25H21ClN4O3/c26-17-3-5-20-21(12-17)29-23(28-20)16-2-6-22(27-13-16)30-9-7-25(8-10-30)19-4-1-15(14-31)11-18(19)24(32)33-25/h1-6,11-13,31H,7-10,14H2,(H,28,29). The molecule has 1 spiro atoms. The molecule has 2 aromatic carbocycles. The molecule has 4 aromatic rings. The largest absolute Gasteiger partial charge is 0.450 e. The van der Waals surface area contributed by atoms with E-state index < -0.39 is 5.60 Å². The normalized spacial score (nSPS) is 16.9. The van der Waals surface area contributed by atoms with E-state index in [2.05, 4.69) is 19.9 Å². The predicted molar refractivity (Wildman–Crippen MR) is 125 cm³/mol. The first-order chi connectivity index (χ1) is 16.0. The van der Waals surface area contributed by atoms with Crippen LogP contribution in [-0.4, -0.2) is 39.1 Å². The van der Waals surface area contributed by atoms with Gasteiger partial charge in [0, 0.05) is 48.3 Å². The summed E-state index contributed by atoms with van der Waals surface area (Å²) in [5.41, 5.74) is 4.28. The summed E-state index contributed by atoms with van der Waals surface area (Å²) in [5.74, 6) is 1.33. The van der Waals surface area contributed by atoms with E-state index in [1.807, 2.05) is 48.7 Å². The molecule has 0 amide bonds. The number of aromatic amines is 1. The maximum absolute atomic E-state index is 12.5. The average molecular weight is 461 g/mol. The monoisotopic (exact) mass is 460 g/mol. The Labute approximate surface area is 195 Å². The van der Waals surface area contributed by atoms with Crippen molar-refractivity contribution in [2.45, 2.75) is 25.0 Å². The van der Waals surface area contributed by atoms with Gasteiger partial charge in [-0.1, -0.05) is 23.7 Å². The Bertz CT molecular complexity index is 1370. The second-order valence-corrected chi connectivity index (χ2v) is 9.00. The Kier molecular flexibility index (Phi) is 4.64. The van der Waals surface area contributed by atoms with Crippen molar-refractivity contribution in [3.63, 3.8) is 0 Å². The van der Waals surface area contributed by atoms with Gasteiger partial charge in [-0.05, 0) is 42.0 Å². The van der Waals surface area contributed by atoms with Gasteiger partial charge < -0.3 is 19.7 Å². The number of benzene rings is 2. The number of rotatable bonds is 3. The topological polar surface area (TPSA) is 91.3 Å². The van der Waals surface area contributed by atoms with Gasteiger partial charge in [-0.15, -0.1) is 0 Å². The third-order valence-electron chi connectivity index (χ3n) is 6.63. The summed E-state index contributed by atoms with van der Waals surface area (Å²) < 4.78 is 5.87. The number of nitrogens with one attached hydrogen (secondary N) is 1. The van der Waals surface area contributed by atoms with Crippen LogP contribution in [0.2, 0.25) is 5.02 Å². The summed E-state index contributed by atoms with van der Waals surface area (Å²) in [6, 6.07) is 15.1. The molecule has 0 radical (unpaired) electrons. The van der Waals surface area contributed by atoms with E-state index in [1.54, 1.807) is 6.07 Å². The Hall–Kier alpha value is -3.42. The molecule has 2 aromatic heterocycles. The van der Waals surface area contributed by atoms with Crippen LogP contribution < -0.4 is 4.90 Å². The van der Waals surface area contributed by atoms with Crippen molar-refractivity contribution in [3.8, 4) is 11.4 Å². The van der Waals surface area contributed by atoms with Crippen LogP contribution in [0.15, 0.2) is 54.7 Å². The first kappa shape index (κ1) is 20.2. The van der Waals surface area contributed by atoms with Gasteiger partial charge in [-0.25, -0.2) is 14.8 Å². The zero-order chi connectivity index (χ0) is 22.6. The van der Waals surface area contributed by atoms with Crippen LogP contribution in [0.4, 0.5) is 5.82 Å². The van der Waals surface area contributed by atoms with Crippen molar-refractivity contribution >= 4 is 34.4 Å². The van der Waals surface area contributed by atoms with Gasteiger partial charge in [-0.2, -0.15) is 0 Å². The number of hydrogen-bond acceptors (Lipinski definition) is 6. The number of halogens is 1. The minimum absolute atomic E-state index is 0.0925. The summed E-state index contributed by atoms with van der Waals surface area (Å²) in [6.07, 6.45) is 3.20. The Morgan fingerprint density at radius 3 is 2.73 bits per heavy atom. The van der Waals surface area contributed by atoms with Gasteiger partial charge in [0.25, 0.3) is 0 Å². The molecule has 0 atom stereocenters. The minimum Gasteiger partial charge on any atom is -0.450 e. The summed E-state index contributed by atoms with van der Waals surface area (Å²) in [7, 11) is 0. The highest BCUT2D eigenvalue weighted by atomic mass is 35.5. The predicted octanol–water partition coefficient (Wildman–Crippen LogP) is 4.44. The van der Waals surface area contributed by atoms with Crippen LogP contribution in [-0.2, 0) is 16.9 Å². The average Bonchev–Trinajstić information content (AvgIpc) is 3.38. The first-order valence-electron chi connectivity index (χ1n) is 10.9. The van der Waals surface area contributed by atoms with E-state index >= 15 is 0 Å². The van der Waals surface area contributed by atoms with Crippen LogP contribution in [0.3, 0.4) is 0 Å². The molecule has 4 heterocycles. The van der Waals surface area contributed by atoms with Crippen molar-refractivity contribution in [2.75, 3.05) is 18.0 Å². The highest BCUT2D eigenvalue weighted by molar-refractivity contribution is 6.31. The van der Waals surface area contributed by atoms with E-state index in [0.29, 0.717) is 23.4 Å². The SMILES string of the molecule is O=C1OC2(CCN(c3ccc(-c4nc5ccc(Cl)cc5[nH]4)cn3)CC2)c2ccc(CO)cc21. The van der Waals surface area contributed by atoms with E-state index in [1.165, 1.54) is 0 Å². The Morgan fingerprint density at radius 2 is 1.97 bits per heavy atom. The number of piperidine rings is 1. The summed E-state index contributed by atoms with van der Waals surface area (Å²) in [6.45, 7) is 1.36. The highest BCUT2D eigenvalue weighted by Gasteiger charge is 2.47. The maximum atomic E-state index is 12.5. The molecule has 1 saturated heterocycles. The van der Waals surface area contributed by atoms with E-state index in [-0.39, 0.29) is 12.6 Å². The van der Waals surface area contributed by atoms with Crippen molar-refractivity contribution in [1.29, 1.82) is 0 Å². The lowest BCUT2D eigenvalue weighted by Crippen LogP contribution is -2.43. The van der Waals surface area contributed by atoms with Gasteiger partial charge in [0.1, 0.15) is 17.2 Å². The number of H-pyrrole nitrogens is 1. The summed E-state index contributed by atoms with van der Waals surface area (Å²) in [4.78, 5) is 27.3. The third kappa shape index (κ3) is 3.35. The molecule has 0 aliphatic carbocycles. The van der Waals surface area contributed by atoms with Crippen LogP contribution in [0.25, 0.3) is 22.4 Å². The summed E-state index contributed by atoms with van der Waals surface area (Å²) in [5, 5.41) is 10.0. The number of fused-ring (bicyclic) bond motifs is 3. The zero-order valence-corrected chi connectivity index (χ0v) is 18.5. The van der Waals surface area contributed by atoms with Crippen molar-refractivity contribution < 1.29 is 14.6 Å². The number of ether oxygens (including phenoxy) is 1. The molecule has 2 aliphatic rings. The third-order valence-corrected chi connectivity index (χ3v) is 6.86. The second kappa shape index (κ2) is 7.57. The molecule has 33 heavy (non-hydrogen) atoms. The molecular formula is C25H21ClN4O3.